The molecule has 0 heterocycles. The minimum atomic E-state index is -1.65. The molecule has 0 spiro atoms. The molecular weight excluding hydrogens is 236 g/mol. The molecule has 0 N–H and O–H groups in total. The van der Waals surface area contributed by atoms with Gasteiger partial charge >= 0.3 is 0 Å². The fourth-order valence-electron chi connectivity index (χ4n) is 1.55. The normalized spacial score (nSPS) is 13.7. The molecule has 1 nitrogen and oxygen atoms in total. The van der Waals surface area contributed by atoms with Gasteiger partial charge in [-0.1, -0.05) is 65.0 Å². The summed E-state index contributed by atoms with van der Waals surface area (Å²) in [7, 11) is -1.65. The summed E-state index contributed by atoms with van der Waals surface area (Å²) in [6.45, 7) is 16.8. The van der Waals surface area contributed by atoms with Gasteiger partial charge in [0.05, 0.1) is 0 Å². The lowest BCUT2D eigenvalue weighted by Gasteiger charge is -2.39. The van der Waals surface area contributed by atoms with Crippen molar-refractivity contribution >= 4 is 8.32 Å². The summed E-state index contributed by atoms with van der Waals surface area (Å²) in [6, 6.07) is 10.6. The molecule has 0 aliphatic carbocycles. The molecule has 0 amide bonds. The van der Waals surface area contributed by atoms with Crippen LogP contribution < -0.4 is 0 Å². The maximum absolute atomic E-state index is 6.35. The molecule has 0 aliphatic rings. The van der Waals surface area contributed by atoms with Crippen molar-refractivity contribution in [3.8, 4) is 0 Å². The van der Waals surface area contributed by atoms with E-state index in [9.17, 15) is 0 Å². The zero-order valence-corrected chi connectivity index (χ0v) is 14.0. The van der Waals surface area contributed by atoms with Crippen molar-refractivity contribution in [1.29, 1.82) is 0 Å². The van der Waals surface area contributed by atoms with Gasteiger partial charge in [0.15, 0.2) is 8.32 Å². The summed E-state index contributed by atoms with van der Waals surface area (Å²) in [6.07, 6.45) is 0. The zero-order valence-electron chi connectivity index (χ0n) is 13.0. The quantitative estimate of drug-likeness (QED) is 0.696. The highest BCUT2D eigenvalue weighted by atomic mass is 28.4. The van der Waals surface area contributed by atoms with Crippen molar-refractivity contribution in [2.75, 3.05) is 6.61 Å². The van der Waals surface area contributed by atoms with Crippen molar-refractivity contribution in [3.05, 3.63) is 35.9 Å². The third kappa shape index (κ3) is 3.69. The van der Waals surface area contributed by atoms with Crippen LogP contribution in [-0.2, 0) is 9.84 Å². The van der Waals surface area contributed by atoms with Crippen molar-refractivity contribution in [3.63, 3.8) is 0 Å². The number of benzene rings is 1. The molecule has 2 heteroatoms. The maximum atomic E-state index is 6.35. The number of rotatable bonds is 4. The standard InChI is InChI=1S/C16H28OSi/c1-15(2,3)18(6,7)17-13-16(4,5)14-11-9-8-10-12-14/h8-12H,13H2,1-7H3. The highest BCUT2D eigenvalue weighted by molar-refractivity contribution is 6.74. The van der Waals surface area contributed by atoms with Crippen LogP contribution in [0, 0.1) is 0 Å². The minimum absolute atomic E-state index is 0.0801. The fourth-order valence-corrected chi connectivity index (χ4v) is 2.70. The molecule has 18 heavy (non-hydrogen) atoms. The van der Waals surface area contributed by atoms with Gasteiger partial charge in [-0.3, -0.25) is 0 Å². The smallest absolute Gasteiger partial charge is 0.192 e. The summed E-state index contributed by atoms with van der Waals surface area (Å²) in [5.41, 5.74) is 1.43. The minimum Gasteiger partial charge on any atom is -0.416 e. The topological polar surface area (TPSA) is 9.23 Å². The Bertz CT molecular complexity index is 374. The SMILES string of the molecule is CC(C)(CO[Si](C)(C)C(C)(C)C)c1ccccc1. The molecular formula is C16H28OSi. The summed E-state index contributed by atoms with van der Waals surface area (Å²) in [5.74, 6) is 0. The molecule has 0 unspecified atom stereocenters. The average molecular weight is 264 g/mol. The van der Waals surface area contributed by atoms with E-state index >= 15 is 0 Å². The summed E-state index contributed by atoms with van der Waals surface area (Å²) < 4.78 is 6.35. The van der Waals surface area contributed by atoms with E-state index in [2.05, 4.69) is 78.0 Å². The van der Waals surface area contributed by atoms with Gasteiger partial charge in [-0.25, -0.2) is 0 Å². The van der Waals surface area contributed by atoms with Gasteiger partial charge < -0.3 is 4.43 Å². The van der Waals surface area contributed by atoms with Crippen LogP contribution >= 0.6 is 0 Å². The Hall–Kier alpha value is -0.603. The van der Waals surface area contributed by atoms with Gasteiger partial charge in [-0.2, -0.15) is 0 Å². The second-order valence-corrected chi connectivity index (χ2v) is 12.1. The third-order valence-electron chi connectivity index (χ3n) is 4.16. The Morgan fingerprint density at radius 2 is 1.44 bits per heavy atom. The van der Waals surface area contributed by atoms with E-state index in [0.29, 0.717) is 0 Å². The van der Waals surface area contributed by atoms with Crippen molar-refractivity contribution < 1.29 is 4.43 Å². The molecule has 0 saturated heterocycles. The van der Waals surface area contributed by atoms with Gasteiger partial charge in [0.25, 0.3) is 0 Å². The average Bonchev–Trinajstić information content (AvgIpc) is 2.26. The fraction of sp³-hybridized carbons (Fsp3) is 0.625. The maximum Gasteiger partial charge on any atom is 0.192 e. The zero-order chi connectivity index (χ0) is 14.0. The van der Waals surface area contributed by atoms with Crippen LogP contribution in [0.3, 0.4) is 0 Å². The van der Waals surface area contributed by atoms with E-state index in [0.717, 1.165) is 6.61 Å². The van der Waals surface area contributed by atoms with Crippen LogP contribution in [-0.4, -0.2) is 14.9 Å². The molecule has 0 aromatic heterocycles. The van der Waals surface area contributed by atoms with Crippen LogP contribution in [0.5, 0.6) is 0 Å². The second kappa shape index (κ2) is 5.18. The lowest BCUT2D eigenvalue weighted by Crippen LogP contribution is -2.43. The highest BCUT2D eigenvalue weighted by Crippen LogP contribution is 2.38. The predicted molar refractivity (Wildman–Crippen MR) is 82.6 cm³/mol. The molecule has 0 aliphatic heterocycles. The molecule has 1 rings (SSSR count). The first-order valence-corrected chi connectivity index (χ1v) is 9.67. The molecule has 1 aromatic carbocycles. The first-order chi connectivity index (χ1) is 8.06. The van der Waals surface area contributed by atoms with Crippen molar-refractivity contribution in [1.82, 2.24) is 0 Å². The van der Waals surface area contributed by atoms with E-state index < -0.39 is 8.32 Å². The Labute approximate surface area is 114 Å². The summed E-state index contributed by atoms with van der Waals surface area (Å²) >= 11 is 0. The largest absolute Gasteiger partial charge is 0.416 e. The summed E-state index contributed by atoms with van der Waals surface area (Å²) in [5, 5.41) is 0.278. The monoisotopic (exact) mass is 264 g/mol. The molecule has 0 bridgehead atoms. The molecule has 0 atom stereocenters. The van der Waals surface area contributed by atoms with Crippen LogP contribution in [0.25, 0.3) is 0 Å². The molecule has 0 fully saturated rings. The van der Waals surface area contributed by atoms with E-state index in [1.807, 2.05) is 0 Å². The van der Waals surface area contributed by atoms with Crippen molar-refractivity contribution in [2.24, 2.45) is 0 Å². The van der Waals surface area contributed by atoms with Crippen LogP contribution in [0.2, 0.25) is 18.1 Å². The summed E-state index contributed by atoms with van der Waals surface area (Å²) in [4.78, 5) is 0. The highest BCUT2D eigenvalue weighted by Gasteiger charge is 2.38. The van der Waals surface area contributed by atoms with E-state index in [4.69, 9.17) is 4.43 Å². The predicted octanol–water partition coefficient (Wildman–Crippen LogP) is 4.99. The third-order valence-corrected chi connectivity index (χ3v) is 8.63. The van der Waals surface area contributed by atoms with Crippen LogP contribution in [0.4, 0.5) is 0 Å². The van der Waals surface area contributed by atoms with Crippen LogP contribution in [0.15, 0.2) is 30.3 Å². The molecule has 0 saturated carbocycles. The molecule has 1 aromatic rings. The Balaban J connectivity index is 2.74. The Kier molecular flexibility index (Phi) is 4.45. The van der Waals surface area contributed by atoms with Gasteiger partial charge in [0.2, 0.25) is 0 Å². The van der Waals surface area contributed by atoms with E-state index in [1.165, 1.54) is 5.56 Å². The van der Waals surface area contributed by atoms with Crippen molar-refractivity contribution in [2.45, 2.75) is 58.2 Å². The molecule has 0 radical (unpaired) electrons. The first kappa shape index (κ1) is 15.5. The lowest BCUT2D eigenvalue weighted by atomic mass is 9.86. The van der Waals surface area contributed by atoms with Gasteiger partial charge in [-0.05, 0) is 23.7 Å². The lowest BCUT2D eigenvalue weighted by molar-refractivity contribution is 0.220. The van der Waals surface area contributed by atoms with Gasteiger partial charge in [-0.15, -0.1) is 0 Å². The number of hydrogen-bond donors (Lipinski definition) is 0. The first-order valence-electron chi connectivity index (χ1n) is 6.76. The van der Waals surface area contributed by atoms with E-state index in [-0.39, 0.29) is 10.5 Å². The number of hydrogen-bond acceptors (Lipinski definition) is 1. The van der Waals surface area contributed by atoms with Gasteiger partial charge in [0, 0.05) is 12.0 Å². The second-order valence-electron chi connectivity index (χ2n) is 7.30. The Morgan fingerprint density at radius 1 is 0.944 bits per heavy atom. The van der Waals surface area contributed by atoms with E-state index in [1.54, 1.807) is 0 Å². The van der Waals surface area contributed by atoms with Crippen LogP contribution in [0.1, 0.15) is 40.2 Å². The van der Waals surface area contributed by atoms with Gasteiger partial charge in [0.1, 0.15) is 0 Å². The molecule has 102 valence electrons. The Morgan fingerprint density at radius 3 is 1.89 bits per heavy atom.